The number of nitrogens with one attached hydrogen (secondary N) is 3. The zero-order valence-electron chi connectivity index (χ0n) is 19.9. The quantitative estimate of drug-likeness (QED) is 0.250. The van der Waals surface area contributed by atoms with Crippen molar-refractivity contribution < 1.29 is 4.79 Å². The Morgan fingerprint density at radius 1 is 0.946 bits per heavy atom. The molecule has 1 fully saturated rings. The number of aromatic nitrogens is 6. The second kappa shape index (κ2) is 8.94. The Morgan fingerprint density at radius 3 is 2.70 bits per heavy atom. The number of hydrogen-bond donors (Lipinski definition) is 3. The van der Waals surface area contributed by atoms with E-state index in [4.69, 9.17) is 0 Å². The van der Waals surface area contributed by atoms with Crippen LogP contribution in [0, 0.1) is 5.92 Å². The molecule has 1 amide bonds. The molecule has 0 saturated heterocycles. The summed E-state index contributed by atoms with van der Waals surface area (Å²) in [7, 11) is 0. The van der Waals surface area contributed by atoms with Crippen LogP contribution in [-0.2, 0) is 4.79 Å². The molecule has 0 aliphatic heterocycles. The topological polar surface area (TPSA) is 112 Å². The first-order valence-electron chi connectivity index (χ1n) is 12.3. The highest BCUT2D eigenvalue weighted by molar-refractivity contribution is 7.08. The number of aromatic amines is 2. The van der Waals surface area contributed by atoms with Crippen LogP contribution in [0.4, 0.5) is 5.69 Å². The largest absolute Gasteiger partial charge is 0.353 e. The van der Waals surface area contributed by atoms with E-state index in [1.807, 2.05) is 18.3 Å². The van der Waals surface area contributed by atoms with Crippen LogP contribution in [0.2, 0.25) is 0 Å². The summed E-state index contributed by atoms with van der Waals surface area (Å²) in [6.07, 6.45) is 11.3. The molecule has 0 unspecified atom stereocenters. The van der Waals surface area contributed by atoms with Crippen LogP contribution in [0.5, 0.6) is 0 Å². The van der Waals surface area contributed by atoms with Gasteiger partial charge in [-0.25, -0.2) is 4.98 Å². The molecule has 37 heavy (non-hydrogen) atoms. The van der Waals surface area contributed by atoms with Gasteiger partial charge < -0.3 is 10.3 Å². The molecule has 6 heterocycles. The van der Waals surface area contributed by atoms with E-state index in [1.54, 1.807) is 29.9 Å². The molecular weight excluding hydrogens is 482 g/mol. The van der Waals surface area contributed by atoms with Crippen molar-refractivity contribution in [2.24, 2.45) is 5.92 Å². The van der Waals surface area contributed by atoms with Gasteiger partial charge >= 0.3 is 0 Å². The number of fused-ring (bicyclic) bond motifs is 2. The number of anilines is 1. The molecular formula is C28H23N7OS. The number of H-pyrrole nitrogens is 2. The van der Waals surface area contributed by atoms with Crippen molar-refractivity contribution >= 4 is 44.9 Å². The summed E-state index contributed by atoms with van der Waals surface area (Å²) in [6.45, 7) is 0. The third-order valence-corrected chi connectivity index (χ3v) is 7.76. The van der Waals surface area contributed by atoms with Crippen molar-refractivity contribution in [2.75, 3.05) is 5.32 Å². The number of carbonyl (C=O) groups excluding carboxylic acids is 1. The Bertz CT molecular complexity index is 1750. The van der Waals surface area contributed by atoms with Crippen LogP contribution < -0.4 is 5.32 Å². The maximum Gasteiger partial charge on any atom is 0.227 e. The molecule has 0 aromatic carbocycles. The first-order valence-corrected chi connectivity index (χ1v) is 13.3. The van der Waals surface area contributed by atoms with Gasteiger partial charge in [-0.15, -0.1) is 0 Å². The predicted octanol–water partition coefficient (Wildman–Crippen LogP) is 6.42. The van der Waals surface area contributed by atoms with Crippen molar-refractivity contribution in [1.82, 2.24) is 30.1 Å². The van der Waals surface area contributed by atoms with E-state index < -0.39 is 0 Å². The summed E-state index contributed by atoms with van der Waals surface area (Å²) in [5.41, 5.74) is 7.91. The average Bonchev–Trinajstić information content (AvgIpc) is 3.74. The van der Waals surface area contributed by atoms with Crippen LogP contribution in [0.15, 0.2) is 65.9 Å². The summed E-state index contributed by atoms with van der Waals surface area (Å²) in [5.74, 6) is 0.180. The van der Waals surface area contributed by atoms with Crippen molar-refractivity contribution in [3.8, 4) is 33.8 Å². The molecule has 6 aromatic heterocycles. The minimum Gasteiger partial charge on any atom is -0.353 e. The fourth-order valence-corrected chi connectivity index (χ4v) is 5.82. The summed E-state index contributed by atoms with van der Waals surface area (Å²) < 4.78 is 0. The first-order chi connectivity index (χ1) is 18.2. The molecule has 3 N–H and O–H groups in total. The summed E-state index contributed by atoms with van der Waals surface area (Å²) in [6, 6.07) is 10.2. The van der Waals surface area contributed by atoms with Gasteiger partial charge in [0.15, 0.2) is 5.65 Å². The minimum absolute atomic E-state index is 0.0808. The summed E-state index contributed by atoms with van der Waals surface area (Å²) in [4.78, 5) is 29.7. The van der Waals surface area contributed by atoms with Crippen LogP contribution >= 0.6 is 11.3 Å². The molecule has 1 aliphatic rings. The molecule has 8 nitrogen and oxygen atoms in total. The number of rotatable bonds is 5. The molecule has 0 atom stereocenters. The average molecular weight is 506 g/mol. The third-order valence-electron chi connectivity index (χ3n) is 7.08. The van der Waals surface area contributed by atoms with Gasteiger partial charge in [0.05, 0.1) is 23.3 Å². The van der Waals surface area contributed by atoms with Crippen molar-refractivity contribution in [3.63, 3.8) is 0 Å². The van der Waals surface area contributed by atoms with Crippen molar-refractivity contribution in [2.45, 2.75) is 25.7 Å². The van der Waals surface area contributed by atoms with E-state index in [0.29, 0.717) is 11.3 Å². The highest BCUT2D eigenvalue weighted by Crippen LogP contribution is 2.34. The van der Waals surface area contributed by atoms with Gasteiger partial charge in [-0.1, -0.05) is 12.8 Å². The normalized spacial score (nSPS) is 14.1. The maximum atomic E-state index is 12.6. The van der Waals surface area contributed by atoms with Gasteiger partial charge in [0.25, 0.3) is 0 Å². The van der Waals surface area contributed by atoms with Gasteiger partial charge in [0, 0.05) is 62.9 Å². The summed E-state index contributed by atoms with van der Waals surface area (Å²) in [5, 5.41) is 16.8. The lowest BCUT2D eigenvalue weighted by atomic mass is 10.1. The minimum atomic E-state index is 0.0808. The van der Waals surface area contributed by atoms with Gasteiger partial charge in [-0.2, -0.15) is 16.4 Å². The Hall–Kier alpha value is -4.37. The molecule has 0 radical (unpaired) electrons. The predicted molar refractivity (Wildman–Crippen MR) is 146 cm³/mol. The maximum absolute atomic E-state index is 12.6. The summed E-state index contributed by atoms with van der Waals surface area (Å²) >= 11 is 1.66. The van der Waals surface area contributed by atoms with Gasteiger partial charge in [0.2, 0.25) is 5.91 Å². The monoisotopic (exact) mass is 505 g/mol. The molecule has 1 aliphatic carbocycles. The molecule has 6 aromatic rings. The number of pyridine rings is 3. The second-order valence-electron chi connectivity index (χ2n) is 9.44. The molecule has 9 heteroatoms. The number of amides is 1. The Morgan fingerprint density at radius 2 is 1.84 bits per heavy atom. The second-order valence-corrected chi connectivity index (χ2v) is 10.2. The van der Waals surface area contributed by atoms with Gasteiger partial charge in [-0.05, 0) is 48.6 Å². The van der Waals surface area contributed by atoms with E-state index >= 15 is 0 Å². The first kappa shape index (κ1) is 21.9. The molecule has 7 rings (SSSR count). The smallest absolute Gasteiger partial charge is 0.227 e. The lowest BCUT2D eigenvalue weighted by Crippen LogP contribution is -2.20. The highest BCUT2D eigenvalue weighted by Gasteiger charge is 2.23. The zero-order valence-corrected chi connectivity index (χ0v) is 20.7. The van der Waals surface area contributed by atoms with Gasteiger partial charge in [-0.3, -0.25) is 19.9 Å². The standard InChI is InChI=1S/C28H23N7OS/c36-28(16-3-1-2-4-16)32-20-9-18(12-29-14-20)19-10-22-26(34-35-27(22)31-13-19)24-11-21-23(33-24)5-7-30-25(21)17-6-8-37-15-17/h5-16,33H,1-4H2,(H,32,36)(H,31,34,35). The van der Waals surface area contributed by atoms with Crippen LogP contribution in [0.25, 0.3) is 55.7 Å². The third kappa shape index (κ3) is 3.97. The fourth-order valence-electron chi connectivity index (χ4n) is 5.18. The van der Waals surface area contributed by atoms with E-state index in [2.05, 4.69) is 64.4 Å². The number of thiophene rings is 1. The number of nitrogens with zero attached hydrogens (tertiary/aromatic N) is 4. The van der Waals surface area contributed by atoms with E-state index in [-0.39, 0.29) is 11.8 Å². The van der Waals surface area contributed by atoms with Gasteiger partial charge in [0.1, 0.15) is 5.69 Å². The van der Waals surface area contributed by atoms with Crippen LogP contribution in [-0.4, -0.2) is 36.0 Å². The Labute approximate surface area is 216 Å². The highest BCUT2D eigenvalue weighted by atomic mass is 32.1. The molecule has 1 saturated carbocycles. The molecule has 0 spiro atoms. The number of hydrogen-bond acceptors (Lipinski definition) is 6. The lowest BCUT2D eigenvalue weighted by molar-refractivity contribution is -0.119. The Kier molecular flexibility index (Phi) is 5.28. The lowest BCUT2D eigenvalue weighted by Gasteiger charge is -2.11. The van der Waals surface area contributed by atoms with E-state index in [1.165, 1.54) is 0 Å². The fraction of sp³-hybridized carbons (Fsp3) is 0.179. The zero-order chi connectivity index (χ0) is 24.8. The Balaban J connectivity index is 1.25. The van der Waals surface area contributed by atoms with Crippen molar-refractivity contribution in [3.05, 3.63) is 65.9 Å². The molecule has 0 bridgehead atoms. The van der Waals surface area contributed by atoms with E-state index in [0.717, 1.165) is 75.7 Å². The van der Waals surface area contributed by atoms with E-state index in [9.17, 15) is 4.79 Å². The SMILES string of the molecule is O=C(Nc1cncc(-c2cnc3[nH]nc(-c4cc5c(-c6ccsc6)nccc5[nH]4)c3c2)c1)C1CCCC1. The van der Waals surface area contributed by atoms with Crippen molar-refractivity contribution in [1.29, 1.82) is 0 Å². The number of carbonyl (C=O) groups is 1. The molecule has 182 valence electrons. The van der Waals surface area contributed by atoms with Crippen LogP contribution in [0.1, 0.15) is 25.7 Å². The van der Waals surface area contributed by atoms with Crippen LogP contribution in [0.3, 0.4) is 0 Å².